The van der Waals surface area contributed by atoms with Gasteiger partial charge in [-0.1, -0.05) is 23.3 Å². The van der Waals surface area contributed by atoms with Crippen molar-refractivity contribution in [3.63, 3.8) is 0 Å². The zero-order valence-corrected chi connectivity index (χ0v) is 10.3. The lowest BCUT2D eigenvalue weighted by atomic mass is 10.2. The predicted molar refractivity (Wildman–Crippen MR) is 61.6 cm³/mol. The van der Waals surface area contributed by atoms with E-state index in [0.29, 0.717) is 5.38 Å². The standard InChI is InChI=1S/C11H13ClF2Si/c12-8-3-5-15(6-4-8)9-1-2-10(13)11(14)7-9/h1-2,7-8,15H,3-6H2. The highest BCUT2D eigenvalue weighted by atomic mass is 35.5. The lowest BCUT2D eigenvalue weighted by Crippen LogP contribution is -2.34. The largest absolute Gasteiger partial charge is 0.204 e. The summed E-state index contributed by atoms with van der Waals surface area (Å²) in [6.07, 6.45) is 2.05. The Morgan fingerprint density at radius 1 is 1.13 bits per heavy atom. The van der Waals surface area contributed by atoms with E-state index in [0.717, 1.165) is 30.1 Å². The van der Waals surface area contributed by atoms with Crippen LogP contribution in [0.25, 0.3) is 0 Å². The molecular weight excluding hydrogens is 234 g/mol. The summed E-state index contributed by atoms with van der Waals surface area (Å²) in [4.78, 5) is 0. The molecule has 0 atom stereocenters. The second-order valence-corrected chi connectivity index (χ2v) is 7.95. The molecule has 1 fully saturated rings. The van der Waals surface area contributed by atoms with Crippen LogP contribution in [0.3, 0.4) is 0 Å². The molecule has 0 aliphatic carbocycles. The van der Waals surface area contributed by atoms with Gasteiger partial charge in [-0.3, -0.25) is 0 Å². The van der Waals surface area contributed by atoms with E-state index in [1.54, 1.807) is 6.07 Å². The fourth-order valence-electron chi connectivity index (χ4n) is 2.15. The first-order valence-electron chi connectivity index (χ1n) is 5.26. The highest BCUT2D eigenvalue weighted by Crippen LogP contribution is 2.23. The van der Waals surface area contributed by atoms with Crippen LogP contribution < -0.4 is 5.19 Å². The first kappa shape index (κ1) is 11.1. The maximum atomic E-state index is 13.0. The minimum atomic E-state index is -1.06. The lowest BCUT2D eigenvalue weighted by molar-refractivity contribution is 0.509. The van der Waals surface area contributed by atoms with Gasteiger partial charge in [0.2, 0.25) is 0 Å². The smallest absolute Gasteiger partial charge is 0.158 e. The SMILES string of the molecule is Fc1ccc([SiH]2CCC(Cl)CC2)cc1F. The molecule has 1 aromatic carbocycles. The summed E-state index contributed by atoms with van der Waals surface area (Å²) >= 11 is 6.01. The van der Waals surface area contributed by atoms with E-state index in [1.165, 1.54) is 12.1 Å². The average Bonchev–Trinajstić information content (AvgIpc) is 2.23. The monoisotopic (exact) mass is 246 g/mol. The van der Waals surface area contributed by atoms with Gasteiger partial charge in [0.25, 0.3) is 0 Å². The molecule has 1 aliphatic rings. The summed E-state index contributed by atoms with van der Waals surface area (Å²) in [5.74, 6) is -1.47. The molecule has 82 valence electrons. The summed E-state index contributed by atoms with van der Waals surface area (Å²) in [6.45, 7) is 0. The van der Waals surface area contributed by atoms with Crippen molar-refractivity contribution in [2.24, 2.45) is 0 Å². The van der Waals surface area contributed by atoms with Crippen LogP contribution in [0.2, 0.25) is 12.1 Å². The quantitative estimate of drug-likeness (QED) is 0.528. The maximum absolute atomic E-state index is 13.0. The van der Waals surface area contributed by atoms with Crippen molar-refractivity contribution in [1.29, 1.82) is 0 Å². The molecule has 0 N–H and O–H groups in total. The molecule has 1 aromatic rings. The van der Waals surface area contributed by atoms with Crippen molar-refractivity contribution >= 4 is 25.6 Å². The summed E-state index contributed by atoms with van der Waals surface area (Å²) in [5.41, 5.74) is 0. The highest BCUT2D eigenvalue weighted by molar-refractivity contribution is 6.73. The van der Waals surface area contributed by atoms with Crippen LogP contribution in [0, 0.1) is 11.6 Å². The van der Waals surface area contributed by atoms with Gasteiger partial charge in [-0.25, -0.2) is 8.78 Å². The zero-order chi connectivity index (χ0) is 10.8. The number of rotatable bonds is 1. The Labute approximate surface area is 94.9 Å². The van der Waals surface area contributed by atoms with Gasteiger partial charge in [0.05, 0.1) is 8.80 Å². The van der Waals surface area contributed by atoms with Gasteiger partial charge < -0.3 is 0 Å². The van der Waals surface area contributed by atoms with E-state index in [9.17, 15) is 8.78 Å². The molecular formula is C11H13ClF2Si. The van der Waals surface area contributed by atoms with Gasteiger partial charge in [-0.05, 0) is 25.0 Å². The number of hydrogen-bond donors (Lipinski definition) is 0. The van der Waals surface area contributed by atoms with Crippen molar-refractivity contribution in [3.05, 3.63) is 29.8 Å². The van der Waals surface area contributed by atoms with Crippen molar-refractivity contribution in [3.8, 4) is 0 Å². The molecule has 0 radical (unpaired) electrons. The van der Waals surface area contributed by atoms with Crippen molar-refractivity contribution in [1.82, 2.24) is 0 Å². The van der Waals surface area contributed by atoms with Crippen molar-refractivity contribution < 1.29 is 8.78 Å². The Bertz CT molecular complexity index is 348. The van der Waals surface area contributed by atoms with Crippen molar-refractivity contribution in [2.75, 3.05) is 0 Å². The van der Waals surface area contributed by atoms with E-state index in [4.69, 9.17) is 11.6 Å². The van der Waals surface area contributed by atoms with Crippen LogP contribution >= 0.6 is 11.6 Å². The van der Waals surface area contributed by atoms with Crippen LogP contribution in [0.15, 0.2) is 18.2 Å². The number of halogens is 3. The van der Waals surface area contributed by atoms with Crippen LogP contribution in [0.4, 0.5) is 8.78 Å². The molecule has 0 amide bonds. The molecule has 4 heteroatoms. The number of benzene rings is 1. The maximum Gasteiger partial charge on any atom is 0.158 e. The molecule has 1 aliphatic heterocycles. The summed E-state index contributed by atoms with van der Waals surface area (Å²) in [6, 6.07) is 6.58. The molecule has 15 heavy (non-hydrogen) atoms. The predicted octanol–water partition coefficient (Wildman–Crippen LogP) is 2.80. The molecule has 0 aromatic heterocycles. The first-order valence-corrected chi connectivity index (χ1v) is 7.90. The fourth-order valence-corrected chi connectivity index (χ4v) is 6.14. The third-order valence-electron chi connectivity index (χ3n) is 3.07. The van der Waals surface area contributed by atoms with Crippen molar-refractivity contribution in [2.45, 2.75) is 30.3 Å². The van der Waals surface area contributed by atoms with Crippen LogP contribution in [0.1, 0.15) is 12.8 Å². The zero-order valence-electron chi connectivity index (χ0n) is 8.35. The first-order chi connectivity index (χ1) is 7.16. The van der Waals surface area contributed by atoms with Gasteiger partial charge in [-0.2, -0.15) is 0 Å². The third-order valence-corrected chi connectivity index (χ3v) is 6.87. The van der Waals surface area contributed by atoms with Gasteiger partial charge in [0, 0.05) is 5.38 Å². The number of alkyl halides is 1. The third kappa shape index (κ3) is 2.58. The minimum absolute atomic E-state index is 0.291. The lowest BCUT2D eigenvalue weighted by Gasteiger charge is -2.24. The van der Waals surface area contributed by atoms with E-state index < -0.39 is 20.4 Å². The molecule has 0 spiro atoms. The van der Waals surface area contributed by atoms with Crippen LogP contribution in [-0.2, 0) is 0 Å². The van der Waals surface area contributed by atoms with Crippen LogP contribution in [0.5, 0.6) is 0 Å². The Morgan fingerprint density at radius 3 is 2.40 bits per heavy atom. The van der Waals surface area contributed by atoms with E-state index >= 15 is 0 Å². The van der Waals surface area contributed by atoms with E-state index in [-0.39, 0.29) is 0 Å². The average molecular weight is 247 g/mol. The molecule has 0 unspecified atom stereocenters. The molecule has 2 rings (SSSR count). The molecule has 1 saturated heterocycles. The second-order valence-electron chi connectivity index (χ2n) is 4.12. The van der Waals surface area contributed by atoms with E-state index in [1.807, 2.05) is 0 Å². The minimum Gasteiger partial charge on any atom is -0.204 e. The van der Waals surface area contributed by atoms with Crippen LogP contribution in [-0.4, -0.2) is 14.2 Å². The molecule has 0 saturated carbocycles. The normalized spacial score (nSPS) is 26.6. The molecule has 0 bridgehead atoms. The van der Waals surface area contributed by atoms with Gasteiger partial charge >= 0.3 is 0 Å². The summed E-state index contributed by atoms with van der Waals surface area (Å²) in [5, 5.41) is 1.33. The number of hydrogen-bond acceptors (Lipinski definition) is 0. The Hall–Kier alpha value is -0.413. The Balaban J connectivity index is 2.12. The summed E-state index contributed by atoms with van der Waals surface area (Å²) < 4.78 is 25.8. The topological polar surface area (TPSA) is 0 Å². The molecule has 0 nitrogen and oxygen atoms in total. The van der Waals surface area contributed by atoms with E-state index in [2.05, 4.69) is 0 Å². The van der Waals surface area contributed by atoms with Gasteiger partial charge in [0.1, 0.15) is 0 Å². The molecule has 1 heterocycles. The van der Waals surface area contributed by atoms with Gasteiger partial charge in [-0.15, -0.1) is 11.6 Å². The Kier molecular flexibility index (Phi) is 3.41. The van der Waals surface area contributed by atoms with Gasteiger partial charge in [0.15, 0.2) is 11.6 Å². The highest BCUT2D eigenvalue weighted by Gasteiger charge is 2.22. The Morgan fingerprint density at radius 2 is 1.80 bits per heavy atom. The second kappa shape index (κ2) is 4.62. The fraction of sp³-hybridized carbons (Fsp3) is 0.455. The summed E-state index contributed by atoms with van der Waals surface area (Å²) in [7, 11) is -1.06.